The molecule has 2 aliphatic heterocycles. The number of carbonyl (C=O) groups is 1. The molecule has 2 fully saturated rings. The van der Waals surface area contributed by atoms with Crippen LogP contribution in [0.5, 0.6) is 0 Å². The summed E-state index contributed by atoms with van der Waals surface area (Å²) in [5, 5.41) is 6.69. The van der Waals surface area contributed by atoms with E-state index in [9.17, 15) is 4.79 Å². The normalized spacial score (nSPS) is 28.0. The molecule has 2 aromatic heterocycles. The lowest BCUT2D eigenvalue weighted by Gasteiger charge is -2.29. The molecule has 0 aliphatic carbocycles. The highest BCUT2D eigenvalue weighted by Crippen LogP contribution is 2.27. The average molecular weight is 285 g/mol. The third-order valence-corrected chi connectivity index (χ3v) is 4.54. The second-order valence-electron chi connectivity index (χ2n) is 6.23. The summed E-state index contributed by atoms with van der Waals surface area (Å²) in [7, 11) is 0. The molecule has 4 rings (SSSR count). The molecular formula is C16H19N3O2. The van der Waals surface area contributed by atoms with Gasteiger partial charge >= 0.3 is 0 Å². The number of pyridine rings is 1. The maximum atomic E-state index is 12.3. The fourth-order valence-corrected chi connectivity index (χ4v) is 3.57. The van der Waals surface area contributed by atoms with Gasteiger partial charge in [-0.25, -0.2) is 4.98 Å². The minimum absolute atomic E-state index is 0.128. The van der Waals surface area contributed by atoms with E-state index in [0.29, 0.717) is 23.4 Å². The third kappa shape index (κ3) is 2.42. The van der Waals surface area contributed by atoms with Crippen LogP contribution in [0.1, 0.15) is 41.9 Å². The highest BCUT2D eigenvalue weighted by Gasteiger charge is 2.34. The first-order chi connectivity index (χ1) is 10.2. The Kier molecular flexibility index (Phi) is 2.96. The number of fused-ring (bicyclic) bond motifs is 3. The minimum atomic E-state index is -0.128. The van der Waals surface area contributed by atoms with Crippen LogP contribution in [-0.4, -0.2) is 29.0 Å². The van der Waals surface area contributed by atoms with Crippen LogP contribution in [0.15, 0.2) is 22.6 Å². The molecule has 0 spiro atoms. The number of nitrogens with one attached hydrogen (secondary N) is 2. The summed E-state index contributed by atoms with van der Waals surface area (Å²) >= 11 is 0. The Morgan fingerprint density at radius 1 is 1.33 bits per heavy atom. The first-order valence-corrected chi connectivity index (χ1v) is 7.61. The molecule has 2 aliphatic rings. The molecule has 0 aromatic carbocycles. The smallest absolute Gasteiger partial charge is 0.287 e. The number of amides is 1. The maximum absolute atomic E-state index is 12.3. The highest BCUT2D eigenvalue weighted by atomic mass is 16.3. The van der Waals surface area contributed by atoms with E-state index < -0.39 is 0 Å². The van der Waals surface area contributed by atoms with E-state index in [0.717, 1.165) is 24.1 Å². The van der Waals surface area contributed by atoms with Gasteiger partial charge in [0.1, 0.15) is 5.52 Å². The molecular weight excluding hydrogens is 266 g/mol. The molecule has 5 heteroatoms. The van der Waals surface area contributed by atoms with Crippen LogP contribution in [0, 0.1) is 6.92 Å². The van der Waals surface area contributed by atoms with E-state index in [1.807, 2.05) is 19.1 Å². The van der Waals surface area contributed by atoms with Gasteiger partial charge in [-0.05, 0) is 44.7 Å². The van der Waals surface area contributed by atoms with E-state index in [-0.39, 0.29) is 11.9 Å². The van der Waals surface area contributed by atoms with E-state index in [1.54, 1.807) is 6.07 Å². The molecule has 2 bridgehead atoms. The van der Waals surface area contributed by atoms with Crippen LogP contribution in [0.2, 0.25) is 0 Å². The Bertz CT molecular complexity index is 682. The van der Waals surface area contributed by atoms with E-state index in [4.69, 9.17) is 4.42 Å². The maximum Gasteiger partial charge on any atom is 0.287 e. The van der Waals surface area contributed by atoms with Gasteiger partial charge in [0, 0.05) is 29.9 Å². The zero-order valence-electron chi connectivity index (χ0n) is 12.1. The summed E-state index contributed by atoms with van der Waals surface area (Å²) in [4.78, 5) is 16.7. The Morgan fingerprint density at radius 3 is 2.86 bits per heavy atom. The predicted octanol–water partition coefficient (Wildman–Crippen LogP) is 2.15. The van der Waals surface area contributed by atoms with Crippen LogP contribution in [0.3, 0.4) is 0 Å². The predicted molar refractivity (Wildman–Crippen MR) is 79.2 cm³/mol. The molecule has 2 N–H and O–H groups in total. The standard InChI is InChI=1S/C16H19N3O2/c1-9-2-5-14-13(17-9)8-15(21-14)16(20)19-12-6-10-3-4-11(7-12)18-10/h2,5,8,10-12,18H,3-4,6-7H2,1H3,(H,19,20). The van der Waals surface area contributed by atoms with Crippen LogP contribution in [-0.2, 0) is 0 Å². The van der Waals surface area contributed by atoms with Gasteiger partial charge in [0.15, 0.2) is 11.3 Å². The number of aromatic nitrogens is 1. The van der Waals surface area contributed by atoms with E-state index >= 15 is 0 Å². The van der Waals surface area contributed by atoms with Crippen molar-refractivity contribution in [1.29, 1.82) is 0 Å². The number of furan rings is 1. The Morgan fingerprint density at radius 2 is 2.10 bits per heavy atom. The van der Waals surface area contributed by atoms with Crippen molar-refractivity contribution in [2.24, 2.45) is 0 Å². The summed E-state index contributed by atoms with van der Waals surface area (Å²) in [6.45, 7) is 1.93. The van der Waals surface area contributed by atoms with Crippen LogP contribution >= 0.6 is 0 Å². The van der Waals surface area contributed by atoms with Gasteiger partial charge < -0.3 is 15.1 Å². The summed E-state index contributed by atoms with van der Waals surface area (Å²) in [6.07, 6.45) is 4.48. The molecule has 5 nitrogen and oxygen atoms in total. The molecule has 110 valence electrons. The monoisotopic (exact) mass is 285 g/mol. The minimum Gasteiger partial charge on any atom is -0.449 e. The van der Waals surface area contributed by atoms with Crippen molar-refractivity contribution in [3.63, 3.8) is 0 Å². The quantitative estimate of drug-likeness (QED) is 0.887. The van der Waals surface area contributed by atoms with Gasteiger partial charge in [0.2, 0.25) is 0 Å². The molecule has 2 unspecified atom stereocenters. The van der Waals surface area contributed by atoms with Crippen molar-refractivity contribution < 1.29 is 9.21 Å². The lowest BCUT2D eigenvalue weighted by molar-refractivity contribution is 0.0898. The Balaban J connectivity index is 1.50. The molecule has 2 saturated heterocycles. The van der Waals surface area contributed by atoms with Crippen molar-refractivity contribution in [3.05, 3.63) is 29.7 Å². The number of hydrogen-bond acceptors (Lipinski definition) is 4. The second-order valence-corrected chi connectivity index (χ2v) is 6.23. The van der Waals surface area contributed by atoms with Gasteiger partial charge in [-0.1, -0.05) is 0 Å². The van der Waals surface area contributed by atoms with Crippen LogP contribution in [0.4, 0.5) is 0 Å². The summed E-state index contributed by atoms with van der Waals surface area (Å²) in [5.74, 6) is 0.228. The van der Waals surface area contributed by atoms with Gasteiger partial charge in [-0.3, -0.25) is 4.79 Å². The molecule has 0 saturated carbocycles. The van der Waals surface area contributed by atoms with Crippen molar-refractivity contribution in [1.82, 2.24) is 15.6 Å². The Labute approximate surface area is 123 Å². The lowest BCUT2D eigenvalue weighted by atomic mass is 10.00. The first-order valence-electron chi connectivity index (χ1n) is 7.61. The zero-order chi connectivity index (χ0) is 14.4. The van der Waals surface area contributed by atoms with Crippen molar-refractivity contribution >= 4 is 17.0 Å². The lowest BCUT2D eigenvalue weighted by Crippen LogP contribution is -2.47. The first kappa shape index (κ1) is 12.8. The van der Waals surface area contributed by atoms with Crippen molar-refractivity contribution in [3.8, 4) is 0 Å². The van der Waals surface area contributed by atoms with Crippen molar-refractivity contribution in [2.75, 3.05) is 0 Å². The topological polar surface area (TPSA) is 67.2 Å². The second kappa shape index (κ2) is 4.84. The molecule has 1 amide bonds. The molecule has 0 radical (unpaired) electrons. The fraction of sp³-hybridized carbons (Fsp3) is 0.500. The zero-order valence-corrected chi connectivity index (χ0v) is 12.1. The van der Waals surface area contributed by atoms with E-state index in [2.05, 4.69) is 15.6 Å². The summed E-state index contributed by atoms with van der Waals surface area (Å²) < 4.78 is 5.61. The highest BCUT2D eigenvalue weighted by molar-refractivity contribution is 5.95. The SMILES string of the molecule is Cc1ccc2oc(C(=O)NC3CC4CCC(C3)N4)cc2n1. The fourth-order valence-electron chi connectivity index (χ4n) is 3.57. The molecule has 2 atom stereocenters. The van der Waals surface area contributed by atoms with Gasteiger partial charge in [0.05, 0.1) is 0 Å². The van der Waals surface area contributed by atoms with Crippen LogP contribution in [0.25, 0.3) is 11.1 Å². The Hall–Kier alpha value is -1.88. The number of aryl methyl sites for hydroxylation is 1. The third-order valence-electron chi connectivity index (χ3n) is 4.54. The molecule has 4 heterocycles. The van der Waals surface area contributed by atoms with Gasteiger partial charge in [0.25, 0.3) is 5.91 Å². The van der Waals surface area contributed by atoms with E-state index in [1.165, 1.54) is 12.8 Å². The number of carbonyl (C=O) groups excluding carboxylic acids is 1. The average Bonchev–Trinajstić information content (AvgIpc) is 3.02. The molecule has 2 aromatic rings. The number of rotatable bonds is 2. The number of nitrogens with zero attached hydrogens (tertiary/aromatic N) is 1. The van der Waals surface area contributed by atoms with Crippen LogP contribution < -0.4 is 10.6 Å². The van der Waals surface area contributed by atoms with Crippen molar-refractivity contribution in [2.45, 2.75) is 50.7 Å². The summed E-state index contributed by atoms with van der Waals surface area (Å²) in [5.41, 5.74) is 2.33. The number of hydrogen-bond donors (Lipinski definition) is 2. The van der Waals surface area contributed by atoms with Gasteiger partial charge in [-0.2, -0.15) is 0 Å². The summed E-state index contributed by atoms with van der Waals surface area (Å²) in [6, 6.07) is 6.85. The van der Waals surface area contributed by atoms with Gasteiger partial charge in [-0.15, -0.1) is 0 Å². The molecule has 21 heavy (non-hydrogen) atoms. The number of piperidine rings is 1. The largest absolute Gasteiger partial charge is 0.449 e.